The van der Waals surface area contributed by atoms with Crippen LogP contribution in [0.3, 0.4) is 0 Å². The quantitative estimate of drug-likeness (QED) is 0.806. The van der Waals surface area contributed by atoms with Crippen LogP contribution in [-0.4, -0.2) is 17.0 Å². The predicted molar refractivity (Wildman–Crippen MR) is 61.9 cm³/mol. The summed E-state index contributed by atoms with van der Waals surface area (Å²) >= 11 is 0. The van der Waals surface area contributed by atoms with Crippen molar-refractivity contribution in [3.05, 3.63) is 23.0 Å². The molecule has 0 aliphatic carbocycles. The van der Waals surface area contributed by atoms with Crippen molar-refractivity contribution in [3.8, 4) is 0 Å². The molecule has 0 saturated carbocycles. The Balaban J connectivity index is 2.58. The van der Waals surface area contributed by atoms with Crippen LogP contribution < -0.4 is 5.32 Å². The number of carbonyl (C=O) groups excluding carboxylic acids is 1. The highest BCUT2D eigenvalue weighted by atomic mass is 16.1. The summed E-state index contributed by atoms with van der Waals surface area (Å²) in [6.07, 6.45) is 2.67. The fraction of sp³-hybridized carbons (Fsp3) is 0.583. The molecule has 0 atom stereocenters. The van der Waals surface area contributed by atoms with E-state index in [-0.39, 0.29) is 5.91 Å². The van der Waals surface area contributed by atoms with E-state index < -0.39 is 0 Å². The van der Waals surface area contributed by atoms with Crippen LogP contribution in [0.2, 0.25) is 0 Å². The third kappa shape index (κ3) is 2.85. The van der Waals surface area contributed by atoms with Crippen molar-refractivity contribution in [3.63, 3.8) is 0 Å². The van der Waals surface area contributed by atoms with Crippen LogP contribution in [0.15, 0.2) is 6.20 Å². The third-order valence-electron chi connectivity index (χ3n) is 2.87. The molecule has 1 aromatic rings. The lowest BCUT2D eigenvalue weighted by Crippen LogP contribution is -2.23. The molecule has 0 spiro atoms. The summed E-state index contributed by atoms with van der Waals surface area (Å²) in [5.41, 5.74) is 3.88. The van der Waals surface area contributed by atoms with Gasteiger partial charge in [0.25, 0.3) is 0 Å². The van der Waals surface area contributed by atoms with E-state index in [1.165, 1.54) is 16.8 Å². The highest BCUT2D eigenvalue weighted by Crippen LogP contribution is 2.14. The number of amides is 1. The van der Waals surface area contributed by atoms with Crippen molar-refractivity contribution in [1.29, 1.82) is 0 Å². The van der Waals surface area contributed by atoms with E-state index in [9.17, 15) is 4.79 Å². The van der Waals surface area contributed by atoms with Gasteiger partial charge in [0, 0.05) is 31.4 Å². The van der Waals surface area contributed by atoms with Crippen molar-refractivity contribution in [2.75, 3.05) is 6.54 Å². The molecular formula is C12H20N2O. The molecule has 0 aliphatic heterocycles. The number of nitrogens with one attached hydrogen (secondary N) is 1. The van der Waals surface area contributed by atoms with Gasteiger partial charge in [0.05, 0.1) is 0 Å². The SMILES string of the molecule is CCNC(=O)CCn1cc(C)c(C)c1C. The number of hydrogen-bond donors (Lipinski definition) is 1. The molecule has 3 nitrogen and oxygen atoms in total. The molecule has 1 amide bonds. The number of nitrogens with zero attached hydrogens (tertiary/aromatic N) is 1. The monoisotopic (exact) mass is 208 g/mol. The first-order chi connectivity index (χ1) is 7.06. The first kappa shape index (κ1) is 11.8. The summed E-state index contributed by atoms with van der Waals surface area (Å²) in [7, 11) is 0. The average Bonchev–Trinajstić information content (AvgIpc) is 2.43. The van der Waals surface area contributed by atoms with Crippen molar-refractivity contribution >= 4 is 5.91 Å². The molecule has 0 aromatic carbocycles. The smallest absolute Gasteiger partial charge is 0.221 e. The molecule has 0 unspecified atom stereocenters. The molecule has 1 aromatic heterocycles. The van der Waals surface area contributed by atoms with Crippen LogP contribution in [0.5, 0.6) is 0 Å². The number of hydrogen-bond acceptors (Lipinski definition) is 1. The zero-order valence-electron chi connectivity index (χ0n) is 10.1. The maximum atomic E-state index is 11.3. The summed E-state index contributed by atoms with van der Waals surface area (Å²) in [6.45, 7) is 9.74. The molecule has 0 aliphatic rings. The van der Waals surface area contributed by atoms with Crippen LogP contribution in [0.4, 0.5) is 0 Å². The van der Waals surface area contributed by atoms with Crippen molar-refractivity contribution in [2.45, 2.75) is 40.7 Å². The van der Waals surface area contributed by atoms with Crippen LogP contribution in [-0.2, 0) is 11.3 Å². The summed E-state index contributed by atoms with van der Waals surface area (Å²) in [5, 5.41) is 2.80. The van der Waals surface area contributed by atoms with Crippen LogP contribution in [0, 0.1) is 20.8 Å². The average molecular weight is 208 g/mol. The van der Waals surface area contributed by atoms with Crippen LogP contribution in [0.1, 0.15) is 30.2 Å². The van der Waals surface area contributed by atoms with Gasteiger partial charge < -0.3 is 9.88 Å². The zero-order chi connectivity index (χ0) is 11.4. The van der Waals surface area contributed by atoms with E-state index in [2.05, 4.69) is 36.9 Å². The van der Waals surface area contributed by atoms with Gasteiger partial charge in [0.1, 0.15) is 0 Å². The Bertz CT molecular complexity index is 353. The molecule has 0 saturated heterocycles. The summed E-state index contributed by atoms with van der Waals surface area (Å²) in [6, 6.07) is 0. The van der Waals surface area contributed by atoms with Crippen molar-refractivity contribution < 1.29 is 4.79 Å². The molecule has 0 bridgehead atoms. The van der Waals surface area contributed by atoms with E-state index >= 15 is 0 Å². The standard InChI is InChI=1S/C12H20N2O/c1-5-13-12(15)6-7-14-8-9(2)10(3)11(14)4/h8H,5-7H2,1-4H3,(H,13,15). The normalized spacial score (nSPS) is 10.4. The largest absolute Gasteiger partial charge is 0.356 e. The summed E-state index contributed by atoms with van der Waals surface area (Å²) in [5.74, 6) is 0.126. The maximum Gasteiger partial charge on any atom is 0.221 e. The fourth-order valence-electron chi connectivity index (χ4n) is 1.67. The van der Waals surface area contributed by atoms with Gasteiger partial charge >= 0.3 is 0 Å². The second kappa shape index (κ2) is 5.01. The zero-order valence-corrected chi connectivity index (χ0v) is 10.1. The van der Waals surface area contributed by atoms with E-state index in [0.717, 1.165) is 6.54 Å². The summed E-state index contributed by atoms with van der Waals surface area (Å²) in [4.78, 5) is 11.3. The highest BCUT2D eigenvalue weighted by Gasteiger charge is 2.06. The minimum atomic E-state index is 0.126. The van der Waals surface area contributed by atoms with Gasteiger partial charge in [-0.15, -0.1) is 0 Å². The second-order valence-electron chi connectivity index (χ2n) is 3.92. The van der Waals surface area contributed by atoms with Gasteiger partial charge in [-0.25, -0.2) is 0 Å². The van der Waals surface area contributed by atoms with Gasteiger partial charge in [-0.3, -0.25) is 4.79 Å². The van der Waals surface area contributed by atoms with Crippen molar-refractivity contribution in [2.24, 2.45) is 0 Å². The second-order valence-corrected chi connectivity index (χ2v) is 3.92. The molecule has 1 N–H and O–H groups in total. The first-order valence-corrected chi connectivity index (χ1v) is 5.46. The Kier molecular flexibility index (Phi) is 3.95. The maximum absolute atomic E-state index is 11.3. The van der Waals surface area contributed by atoms with Gasteiger partial charge in [-0.05, 0) is 38.8 Å². The molecule has 1 heterocycles. The molecule has 0 fully saturated rings. The number of aryl methyl sites for hydroxylation is 2. The Morgan fingerprint density at radius 2 is 2.07 bits per heavy atom. The van der Waals surface area contributed by atoms with Gasteiger partial charge in [0.15, 0.2) is 0 Å². The number of aromatic nitrogens is 1. The molecular weight excluding hydrogens is 188 g/mol. The minimum absolute atomic E-state index is 0.126. The molecule has 84 valence electrons. The Hall–Kier alpha value is -1.25. The molecule has 3 heteroatoms. The fourth-order valence-corrected chi connectivity index (χ4v) is 1.67. The lowest BCUT2D eigenvalue weighted by molar-refractivity contribution is -0.121. The molecule has 0 radical (unpaired) electrons. The van der Waals surface area contributed by atoms with Crippen LogP contribution in [0.25, 0.3) is 0 Å². The van der Waals surface area contributed by atoms with Crippen molar-refractivity contribution in [1.82, 2.24) is 9.88 Å². The summed E-state index contributed by atoms with van der Waals surface area (Å²) < 4.78 is 2.15. The Morgan fingerprint density at radius 1 is 1.40 bits per heavy atom. The lowest BCUT2D eigenvalue weighted by atomic mass is 10.2. The third-order valence-corrected chi connectivity index (χ3v) is 2.87. The minimum Gasteiger partial charge on any atom is -0.356 e. The highest BCUT2D eigenvalue weighted by molar-refractivity contribution is 5.75. The van der Waals surface area contributed by atoms with Gasteiger partial charge in [-0.1, -0.05) is 0 Å². The molecule has 1 rings (SSSR count). The predicted octanol–water partition coefficient (Wildman–Crippen LogP) is 1.94. The Labute approximate surface area is 91.5 Å². The number of carbonyl (C=O) groups is 1. The van der Waals surface area contributed by atoms with E-state index in [1.807, 2.05) is 6.92 Å². The van der Waals surface area contributed by atoms with E-state index in [4.69, 9.17) is 0 Å². The lowest BCUT2D eigenvalue weighted by Gasteiger charge is -2.06. The van der Waals surface area contributed by atoms with Gasteiger partial charge in [0.2, 0.25) is 5.91 Å². The topological polar surface area (TPSA) is 34.0 Å². The van der Waals surface area contributed by atoms with Gasteiger partial charge in [-0.2, -0.15) is 0 Å². The van der Waals surface area contributed by atoms with E-state index in [1.54, 1.807) is 0 Å². The first-order valence-electron chi connectivity index (χ1n) is 5.46. The Morgan fingerprint density at radius 3 is 2.53 bits per heavy atom. The number of rotatable bonds is 4. The van der Waals surface area contributed by atoms with E-state index in [0.29, 0.717) is 13.0 Å². The van der Waals surface area contributed by atoms with Crippen LogP contribution >= 0.6 is 0 Å². The molecule has 15 heavy (non-hydrogen) atoms.